The maximum Gasteiger partial charge on any atom is 0.272 e. The first-order valence-electron chi connectivity index (χ1n) is 7.10. The Labute approximate surface area is 118 Å². The van der Waals surface area contributed by atoms with Crippen LogP contribution in [0.3, 0.4) is 0 Å². The molecule has 0 bridgehead atoms. The fraction of sp³-hybridized carbons (Fsp3) is 0.467. The van der Waals surface area contributed by atoms with Gasteiger partial charge in [-0.2, -0.15) is 5.10 Å². The van der Waals surface area contributed by atoms with Crippen LogP contribution in [0.4, 0.5) is 0 Å². The van der Waals surface area contributed by atoms with Crippen molar-refractivity contribution < 1.29 is 4.79 Å². The van der Waals surface area contributed by atoms with Gasteiger partial charge in [0.05, 0.1) is 5.52 Å². The number of hydrogen-bond acceptors (Lipinski definition) is 3. The molecule has 1 aliphatic rings. The minimum Gasteiger partial charge on any atom is -0.348 e. The van der Waals surface area contributed by atoms with Crippen LogP contribution in [-0.4, -0.2) is 34.8 Å². The van der Waals surface area contributed by atoms with Crippen molar-refractivity contribution in [1.29, 1.82) is 0 Å². The molecule has 2 aromatic rings. The molecule has 2 atom stereocenters. The van der Waals surface area contributed by atoms with Crippen LogP contribution in [0.2, 0.25) is 0 Å². The van der Waals surface area contributed by atoms with Crippen molar-refractivity contribution in [2.75, 3.05) is 13.1 Å². The van der Waals surface area contributed by atoms with Crippen molar-refractivity contribution in [2.24, 2.45) is 13.0 Å². The number of rotatable bonds is 3. The maximum absolute atomic E-state index is 12.4. The Morgan fingerprint density at radius 3 is 3.05 bits per heavy atom. The highest BCUT2D eigenvalue weighted by Crippen LogP contribution is 2.18. The molecular weight excluding hydrogens is 252 g/mol. The molecule has 2 unspecified atom stereocenters. The van der Waals surface area contributed by atoms with Gasteiger partial charge in [-0.1, -0.05) is 18.2 Å². The summed E-state index contributed by atoms with van der Waals surface area (Å²) in [7, 11) is 1.86. The molecule has 5 nitrogen and oxygen atoms in total. The van der Waals surface area contributed by atoms with Crippen LogP contribution in [0.1, 0.15) is 23.8 Å². The van der Waals surface area contributed by atoms with Crippen LogP contribution in [0.5, 0.6) is 0 Å². The molecular formula is C15H20N4O. The van der Waals surface area contributed by atoms with Gasteiger partial charge in [0, 0.05) is 18.5 Å². The molecule has 0 radical (unpaired) electrons. The second-order valence-corrected chi connectivity index (χ2v) is 5.50. The fourth-order valence-corrected chi connectivity index (χ4v) is 2.88. The average molecular weight is 272 g/mol. The standard InChI is InChI=1S/C15H20N4O/c1-10(11-7-8-16-9-11)17-15(20)14-12-5-3-4-6-13(12)19(2)18-14/h3-6,10-11,16H,7-9H2,1-2H3,(H,17,20). The fourth-order valence-electron chi connectivity index (χ4n) is 2.88. The van der Waals surface area contributed by atoms with Gasteiger partial charge in [-0.15, -0.1) is 0 Å². The summed E-state index contributed by atoms with van der Waals surface area (Å²) in [5, 5.41) is 11.7. The van der Waals surface area contributed by atoms with Crippen LogP contribution in [0.15, 0.2) is 24.3 Å². The summed E-state index contributed by atoms with van der Waals surface area (Å²) < 4.78 is 1.76. The minimum atomic E-state index is -0.0822. The normalized spacial score (nSPS) is 20.2. The number of nitrogens with one attached hydrogen (secondary N) is 2. The van der Waals surface area contributed by atoms with E-state index >= 15 is 0 Å². The van der Waals surface area contributed by atoms with Crippen molar-refractivity contribution in [3.8, 4) is 0 Å². The van der Waals surface area contributed by atoms with E-state index in [0.29, 0.717) is 11.6 Å². The number of para-hydroxylation sites is 1. The van der Waals surface area contributed by atoms with E-state index in [0.717, 1.165) is 30.4 Å². The van der Waals surface area contributed by atoms with Gasteiger partial charge in [0.1, 0.15) is 0 Å². The number of carbonyl (C=O) groups excluding carboxylic acids is 1. The molecule has 106 valence electrons. The Bertz CT molecular complexity index is 628. The monoisotopic (exact) mass is 272 g/mol. The van der Waals surface area contributed by atoms with E-state index in [1.807, 2.05) is 31.3 Å². The van der Waals surface area contributed by atoms with Gasteiger partial charge >= 0.3 is 0 Å². The van der Waals surface area contributed by atoms with E-state index in [9.17, 15) is 4.79 Å². The predicted octanol–water partition coefficient (Wildman–Crippen LogP) is 1.30. The number of carbonyl (C=O) groups is 1. The first-order valence-corrected chi connectivity index (χ1v) is 7.10. The average Bonchev–Trinajstić information content (AvgIpc) is 3.07. The molecule has 1 aliphatic heterocycles. The summed E-state index contributed by atoms with van der Waals surface area (Å²) >= 11 is 0. The van der Waals surface area contributed by atoms with E-state index in [1.54, 1.807) is 4.68 Å². The quantitative estimate of drug-likeness (QED) is 0.885. The highest BCUT2D eigenvalue weighted by atomic mass is 16.2. The van der Waals surface area contributed by atoms with Crippen LogP contribution in [0, 0.1) is 5.92 Å². The Kier molecular flexibility index (Phi) is 3.44. The van der Waals surface area contributed by atoms with E-state index in [2.05, 4.69) is 22.7 Å². The largest absolute Gasteiger partial charge is 0.348 e. The van der Waals surface area contributed by atoms with Crippen LogP contribution in [0.25, 0.3) is 10.9 Å². The SMILES string of the molecule is CC(NC(=O)c1nn(C)c2ccccc12)C1CCNC1. The van der Waals surface area contributed by atoms with E-state index < -0.39 is 0 Å². The van der Waals surface area contributed by atoms with Crippen LogP contribution < -0.4 is 10.6 Å². The summed E-state index contributed by atoms with van der Waals surface area (Å²) in [6.45, 7) is 4.09. The smallest absolute Gasteiger partial charge is 0.272 e. The molecule has 2 heterocycles. The topological polar surface area (TPSA) is 59.0 Å². The third-order valence-corrected chi connectivity index (χ3v) is 4.14. The van der Waals surface area contributed by atoms with E-state index in [-0.39, 0.29) is 11.9 Å². The van der Waals surface area contributed by atoms with Crippen molar-refractivity contribution >= 4 is 16.8 Å². The van der Waals surface area contributed by atoms with Crippen molar-refractivity contribution in [3.05, 3.63) is 30.0 Å². The van der Waals surface area contributed by atoms with Gasteiger partial charge in [0.25, 0.3) is 5.91 Å². The number of nitrogens with zero attached hydrogens (tertiary/aromatic N) is 2. The molecule has 0 saturated carbocycles. The van der Waals surface area contributed by atoms with Gasteiger partial charge < -0.3 is 10.6 Å². The molecule has 1 saturated heterocycles. The van der Waals surface area contributed by atoms with Crippen LogP contribution in [-0.2, 0) is 7.05 Å². The molecule has 1 aromatic carbocycles. The summed E-state index contributed by atoms with van der Waals surface area (Å²) in [4.78, 5) is 12.4. The maximum atomic E-state index is 12.4. The molecule has 0 spiro atoms. The van der Waals surface area contributed by atoms with E-state index in [4.69, 9.17) is 0 Å². The first-order chi connectivity index (χ1) is 9.66. The highest BCUT2D eigenvalue weighted by molar-refractivity contribution is 6.04. The summed E-state index contributed by atoms with van der Waals surface area (Å²) in [5.74, 6) is 0.426. The lowest BCUT2D eigenvalue weighted by molar-refractivity contribution is 0.0924. The molecule has 1 amide bonds. The summed E-state index contributed by atoms with van der Waals surface area (Å²) in [5.41, 5.74) is 1.49. The van der Waals surface area contributed by atoms with E-state index in [1.165, 1.54) is 0 Å². The van der Waals surface area contributed by atoms with Gasteiger partial charge in [-0.25, -0.2) is 0 Å². The zero-order valence-electron chi connectivity index (χ0n) is 11.9. The Morgan fingerprint density at radius 2 is 2.30 bits per heavy atom. The number of hydrogen-bond donors (Lipinski definition) is 2. The molecule has 5 heteroatoms. The number of aryl methyl sites for hydroxylation is 1. The second kappa shape index (κ2) is 5.25. The lowest BCUT2D eigenvalue weighted by Crippen LogP contribution is -2.39. The number of fused-ring (bicyclic) bond motifs is 1. The van der Waals surface area contributed by atoms with Crippen LogP contribution >= 0.6 is 0 Å². The zero-order chi connectivity index (χ0) is 14.1. The first kappa shape index (κ1) is 13.1. The number of amides is 1. The molecule has 0 aliphatic carbocycles. The van der Waals surface area contributed by atoms with Crippen molar-refractivity contribution in [3.63, 3.8) is 0 Å². The summed E-state index contributed by atoms with van der Waals surface area (Å²) in [6.07, 6.45) is 1.12. The van der Waals surface area contributed by atoms with Gasteiger partial charge in [-0.3, -0.25) is 9.48 Å². The Morgan fingerprint density at radius 1 is 1.50 bits per heavy atom. The Hall–Kier alpha value is -1.88. The van der Waals surface area contributed by atoms with Crippen molar-refractivity contribution in [1.82, 2.24) is 20.4 Å². The van der Waals surface area contributed by atoms with Gasteiger partial charge in [0.15, 0.2) is 5.69 Å². The molecule has 3 rings (SSSR count). The van der Waals surface area contributed by atoms with Gasteiger partial charge in [-0.05, 0) is 38.4 Å². The lowest BCUT2D eigenvalue weighted by Gasteiger charge is -2.19. The molecule has 20 heavy (non-hydrogen) atoms. The third-order valence-electron chi connectivity index (χ3n) is 4.14. The predicted molar refractivity (Wildman–Crippen MR) is 78.6 cm³/mol. The zero-order valence-corrected chi connectivity index (χ0v) is 11.9. The molecule has 1 fully saturated rings. The van der Waals surface area contributed by atoms with Gasteiger partial charge in [0.2, 0.25) is 0 Å². The summed E-state index contributed by atoms with van der Waals surface area (Å²) in [6, 6.07) is 7.98. The lowest BCUT2D eigenvalue weighted by atomic mass is 10.0. The minimum absolute atomic E-state index is 0.0822. The van der Waals surface area contributed by atoms with Crippen molar-refractivity contribution in [2.45, 2.75) is 19.4 Å². The molecule has 2 N–H and O–H groups in total. The molecule has 1 aromatic heterocycles. The second-order valence-electron chi connectivity index (χ2n) is 5.50. The number of benzene rings is 1. The number of aromatic nitrogens is 2. The Balaban J connectivity index is 1.82. The third kappa shape index (κ3) is 2.29. The highest BCUT2D eigenvalue weighted by Gasteiger charge is 2.24.